The maximum absolute atomic E-state index is 11.5. The Morgan fingerprint density at radius 1 is 1.50 bits per heavy atom. The van der Waals surface area contributed by atoms with E-state index in [4.69, 9.17) is 16.3 Å². The van der Waals surface area contributed by atoms with Crippen molar-refractivity contribution in [3.8, 4) is 0 Å². The number of halogens is 2. The molecule has 0 atom stereocenters. The van der Waals surface area contributed by atoms with Crippen LogP contribution in [0.1, 0.15) is 5.56 Å². The van der Waals surface area contributed by atoms with Gasteiger partial charge in [-0.2, -0.15) is 0 Å². The second kappa shape index (κ2) is 5.57. The number of hydrogen-bond acceptors (Lipinski definition) is 3. The van der Waals surface area contributed by atoms with Crippen LogP contribution in [0.4, 0.5) is 4.48 Å². The molecule has 76 valence electrons. The minimum Gasteiger partial charge on any atom is -0.460 e. The molecular formula is C9H9ClFNO2. The number of ether oxygens (including phenoxy) is 1. The van der Waals surface area contributed by atoms with Crippen molar-refractivity contribution >= 4 is 17.6 Å². The highest BCUT2D eigenvalue weighted by molar-refractivity contribution is 6.31. The molecule has 1 N–H and O–H groups in total. The van der Waals surface area contributed by atoms with Crippen LogP contribution in [0.15, 0.2) is 24.3 Å². The lowest BCUT2D eigenvalue weighted by molar-refractivity contribution is -0.144. The molecule has 0 fully saturated rings. The molecule has 0 heterocycles. The number of carbonyl (C=O) groups excluding carboxylic acids is 1. The van der Waals surface area contributed by atoms with Crippen LogP contribution in [-0.4, -0.2) is 12.5 Å². The minimum absolute atomic E-state index is 0.0557. The summed E-state index contributed by atoms with van der Waals surface area (Å²) >= 11 is 5.80. The van der Waals surface area contributed by atoms with Gasteiger partial charge in [-0.1, -0.05) is 29.8 Å². The number of benzene rings is 1. The van der Waals surface area contributed by atoms with Crippen LogP contribution in [0.3, 0.4) is 0 Å². The molecule has 0 spiro atoms. The Kier molecular flexibility index (Phi) is 4.35. The smallest absolute Gasteiger partial charge is 0.322 e. The van der Waals surface area contributed by atoms with E-state index < -0.39 is 12.5 Å². The van der Waals surface area contributed by atoms with Gasteiger partial charge in [0.25, 0.3) is 0 Å². The number of nitrogens with one attached hydrogen (secondary N) is 1. The van der Waals surface area contributed by atoms with E-state index in [0.29, 0.717) is 10.6 Å². The number of hydrogen-bond donors (Lipinski definition) is 1. The molecule has 1 aromatic rings. The summed E-state index contributed by atoms with van der Waals surface area (Å²) in [6.45, 7) is -0.398. The van der Waals surface area contributed by atoms with Crippen LogP contribution in [0.5, 0.6) is 0 Å². The van der Waals surface area contributed by atoms with Crippen molar-refractivity contribution < 1.29 is 14.0 Å². The van der Waals surface area contributed by atoms with Crippen molar-refractivity contribution in [2.45, 2.75) is 6.61 Å². The lowest BCUT2D eigenvalue weighted by Gasteiger charge is -2.04. The largest absolute Gasteiger partial charge is 0.460 e. The Morgan fingerprint density at radius 3 is 2.86 bits per heavy atom. The van der Waals surface area contributed by atoms with E-state index in [-0.39, 0.29) is 6.61 Å². The molecule has 1 rings (SSSR count). The Labute approximate surface area is 85.8 Å². The van der Waals surface area contributed by atoms with Crippen LogP contribution >= 0.6 is 11.6 Å². The SMILES string of the molecule is O=C(CNF)OCc1ccccc1Cl. The van der Waals surface area contributed by atoms with Crippen molar-refractivity contribution in [2.75, 3.05) is 6.54 Å². The first kappa shape index (κ1) is 10.9. The quantitative estimate of drug-likeness (QED) is 0.618. The molecule has 1 aromatic carbocycles. The fourth-order valence-electron chi connectivity index (χ4n) is 0.879. The average Bonchev–Trinajstić information content (AvgIpc) is 2.17. The van der Waals surface area contributed by atoms with Crippen molar-refractivity contribution in [2.24, 2.45) is 0 Å². The Balaban J connectivity index is 2.46. The highest BCUT2D eigenvalue weighted by Gasteiger charge is 2.04. The van der Waals surface area contributed by atoms with Gasteiger partial charge in [-0.3, -0.25) is 4.79 Å². The van der Waals surface area contributed by atoms with Gasteiger partial charge in [-0.25, -0.2) is 0 Å². The maximum Gasteiger partial charge on any atom is 0.322 e. The molecule has 0 saturated heterocycles. The summed E-state index contributed by atoms with van der Waals surface area (Å²) in [6.07, 6.45) is 0. The van der Waals surface area contributed by atoms with E-state index in [0.717, 1.165) is 0 Å². The highest BCUT2D eigenvalue weighted by atomic mass is 35.5. The average molecular weight is 218 g/mol. The fourth-order valence-corrected chi connectivity index (χ4v) is 1.07. The van der Waals surface area contributed by atoms with Crippen molar-refractivity contribution in [3.05, 3.63) is 34.9 Å². The van der Waals surface area contributed by atoms with Gasteiger partial charge >= 0.3 is 5.97 Å². The van der Waals surface area contributed by atoms with Gasteiger partial charge in [0.2, 0.25) is 0 Å². The van der Waals surface area contributed by atoms with Crippen LogP contribution in [0.2, 0.25) is 5.02 Å². The number of rotatable bonds is 4. The molecule has 3 nitrogen and oxygen atoms in total. The minimum atomic E-state index is -0.660. The Bertz CT molecular complexity index is 319. The zero-order valence-corrected chi connectivity index (χ0v) is 8.05. The molecule has 0 aliphatic rings. The first-order valence-corrected chi connectivity index (χ1v) is 4.34. The summed E-state index contributed by atoms with van der Waals surface area (Å²) in [5.74, 6) is -0.660. The van der Waals surface area contributed by atoms with Crippen LogP contribution in [0.25, 0.3) is 0 Å². The summed E-state index contributed by atoms with van der Waals surface area (Å²) < 4.78 is 16.2. The third-order valence-electron chi connectivity index (χ3n) is 1.56. The van der Waals surface area contributed by atoms with Gasteiger partial charge in [0.15, 0.2) is 0 Å². The standard InChI is InChI=1S/C9H9ClFNO2/c10-8-4-2-1-3-7(8)6-14-9(13)5-12-11/h1-4,12H,5-6H2. The Morgan fingerprint density at radius 2 is 2.21 bits per heavy atom. The molecular weight excluding hydrogens is 209 g/mol. The zero-order chi connectivity index (χ0) is 10.4. The molecule has 0 aromatic heterocycles. The van der Waals surface area contributed by atoms with Gasteiger partial charge in [0.1, 0.15) is 13.2 Å². The number of carbonyl (C=O) groups is 1. The molecule has 0 unspecified atom stereocenters. The summed E-state index contributed by atoms with van der Waals surface area (Å²) in [5, 5.41) is 0.522. The van der Waals surface area contributed by atoms with E-state index in [1.807, 2.05) is 0 Å². The van der Waals surface area contributed by atoms with Gasteiger partial charge in [0, 0.05) is 10.6 Å². The molecule has 0 saturated carbocycles. The monoisotopic (exact) mass is 217 g/mol. The molecule has 0 radical (unpaired) electrons. The number of esters is 1. The predicted molar refractivity (Wildman–Crippen MR) is 50.4 cm³/mol. The summed E-state index contributed by atoms with van der Waals surface area (Å²) in [6, 6.07) is 6.98. The van der Waals surface area contributed by atoms with E-state index in [1.54, 1.807) is 24.3 Å². The first-order valence-electron chi connectivity index (χ1n) is 3.96. The molecule has 0 amide bonds. The van der Waals surface area contributed by atoms with Gasteiger partial charge in [-0.05, 0) is 6.07 Å². The topological polar surface area (TPSA) is 38.3 Å². The van der Waals surface area contributed by atoms with Crippen molar-refractivity contribution in [1.82, 2.24) is 5.54 Å². The third kappa shape index (κ3) is 3.32. The highest BCUT2D eigenvalue weighted by Crippen LogP contribution is 2.15. The lowest BCUT2D eigenvalue weighted by atomic mass is 10.2. The second-order valence-corrected chi connectivity index (χ2v) is 2.97. The maximum atomic E-state index is 11.5. The van der Waals surface area contributed by atoms with Crippen molar-refractivity contribution in [3.63, 3.8) is 0 Å². The van der Waals surface area contributed by atoms with Gasteiger partial charge < -0.3 is 4.74 Å². The second-order valence-electron chi connectivity index (χ2n) is 2.56. The normalized spacial score (nSPS) is 9.86. The van der Waals surface area contributed by atoms with Crippen LogP contribution in [0, 0.1) is 0 Å². The van der Waals surface area contributed by atoms with Crippen LogP contribution in [-0.2, 0) is 16.1 Å². The summed E-state index contributed by atoms with van der Waals surface area (Å²) in [7, 11) is 0. The Hall–Kier alpha value is -1.13. The fraction of sp³-hybridized carbons (Fsp3) is 0.222. The summed E-state index contributed by atoms with van der Waals surface area (Å²) in [5.41, 5.74) is 1.91. The summed E-state index contributed by atoms with van der Waals surface area (Å²) in [4.78, 5) is 10.8. The van der Waals surface area contributed by atoms with Gasteiger partial charge in [-0.15, -0.1) is 10.0 Å². The van der Waals surface area contributed by atoms with Crippen molar-refractivity contribution in [1.29, 1.82) is 0 Å². The molecule has 0 bridgehead atoms. The van der Waals surface area contributed by atoms with E-state index in [2.05, 4.69) is 0 Å². The van der Waals surface area contributed by atoms with Crippen LogP contribution < -0.4 is 5.54 Å². The van der Waals surface area contributed by atoms with E-state index >= 15 is 0 Å². The first-order chi connectivity index (χ1) is 6.74. The molecule has 0 aliphatic carbocycles. The van der Waals surface area contributed by atoms with Gasteiger partial charge in [0.05, 0.1) is 0 Å². The molecule has 0 aliphatic heterocycles. The lowest BCUT2D eigenvalue weighted by Crippen LogP contribution is -2.18. The molecule has 5 heteroatoms. The zero-order valence-electron chi connectivity index (χ0n) is 7.30. The molecule has 14 heavy (non-hydrogen) atoms. The van der Waals surface area contributed by atoms with E-state index in [1.165, 1.54) is 5.54 Å². The van der Waals surface area contributed by atoms with E-state index in [9.17, 15) is 9.28 Å². The third-order valence-corrected chi connectivity index (χ3v) is 1.93. The predicted octanol–water partition coefficient (Wildman–Crippen LogP) is 1.86.